The van der Waals surface area contributed by atoms with E-state index in [4.69, 9.17) is 5.73 Å². The number of carbonyl (C=O) groups excluding carboxylic acids is 2. The van der Waals surface area contributed by atoms with Gasteiger partial charge < -0.3 is 11.1 Å². The smallest absolute Gasteiger partial charge is 0.223 e. The van der Waals surface area contributed by atoms with Gasteiger partial charge in [-0.1, -0.05) is 18.6 Å². The van der Waals surface area contributed by atoms with Gasteiger partial charge in [0.15, 0.2) is 17.5 Å². The second-order valence-electron chi connectivity index (χ2n) is 10.2. The Bertz CT molecular complexity index is 1250. The van der Waals surface area contributed by atoms with Gasteiger partial charge in [-0.05, 0) is 74.9 Å². The van der Waals surface area contributed by atoms with Crippen molar-refractivity contribution in [3.05, 3.63) is 59.2 Å². The molecule has 4 N–H and O–H groups in total. The Morgan fingerprint density at radius 1 is 1.11 bits per heavy atom. The van der Waals surface area contributed by atoms with Gasteiger partial charge in [0.05, 0.1) is 12.1 Å². The summed E-state index contributed by atoms with van der Waals surface area (Å²) in [5.41, 5.74) is 7.97. The van der Waals surface area contributed by atoms with Gasteiger partial charge in [0, 0.05) is 36.4 Å². The van der Waals surface area contributed by atoms with Crippen LogP contribution in [0.25, 0.3) is 10.9 Å². The number of fused-ring (bicyclic) bond motifs is 1. The first kappa shape index (κ1) is 26.7. The molecule has 1 fully saturated rings. The predicted octanol–water partition coefficient (Wildman–Crippen LogP) is 4.51. The molecular weight excluding hydrogens is 476 g/mol. The van der Waals surface area contributed by atoms with Crippen molar-refractivity contribution in [1.29, 1.82) is 0 Å². The summed E-state index contributed by atoms with van der Waals surface area (Å²) in [5, 5.41) is 10.6. The lowest BCUT2D eigenvalue weighted by Gasteiger charge is -2.38. The van der Waals surface area contributed by atoms with Crippen LogP contribution in [-0.2, 0) is 22.6 Å². The van der Waals surface area contributed by atoms with Crippen LogP contribution in [0.4, 0.5) is 14.6 Å². The van der Waals surface area contributed by atoms with Crippen molar-refractivity contribution in [1.82, 2.24) is 20.4 Å². The van der Waals surface area contributed by atoms with Crippen LogP contribution in [0.5, 0.6) is 0 Å². The normalized spacial score (nSPS) is 19.1. The fourth-order valence-electron chi connectivity index (χ4n) is 5.21. The molecule has 4 rings (SSSR count). The van der Waals surface area contributed by atoms with E-state index in [0.717, 1.165) is 41.4 Å². The molecular formula is C28H35F2N5O2. The first-order chi connectivity index (χ1) is 17.7. The third kappa shape index (κ3) is 6.71. The molecule has 1 aromatic heterocycles. The Balaban J connectivity index is 1.41. The predicted molar refractivity (Wildman–Crippen MR) is 140 cm³/mol. The molecule has 3 aromatic rings. The number of hydrogen-bond donors (Lipinski definition) is 3. The molecule has 198 valence electrons. The van der Waals surface area contributed by atoms with E-state index >= 15 is 0 Å². The number of ketones is 1. The number of halogens is 2. The quantitative estimate of drug-likeness (QED) is 0.372. The maximum Gasteiger partial charge on any atom is 0.223 e. The topological polar surface area (TPSA) is 104 Å². The summed E-state index contributed by atoms with van der Waals surface area (Å²) in [6.45, 7) is 4.95. The third-order valence-corrected chi connectivity index (χ3v) is 7.47. The zero-order valence-electron chi connectivity index (χ0n) is 21.4. The highest BCUT2D eigenvalue weighted by atomic mass is 19.2. The van der Waals surface area contributed by atoms with Crippen molar-refractivity contribution in [3.63, 3.8) is 0 Å². The fourth-order valence-corrected chi connectivity index (χ4v) is 5.21. The van der Waals surface area contributed by atoms with Crippen molar-refractivity contribution in [2.45, 2.75) is 71.0 Å². The molecule has 1 amide bonds. The highest BCUT2D eigenvalue weighted by molar-refractivity contribution is 5.89. The maximum atomic E-state index is 13.8. The highest BCUT2D eigenvalue weighted by Gasteiger charge is 2.27. The van der Waals surface area contributed by atoms with Crippen molar-refractivity contribution < 1.29 is 18.4 Å². The number of hydrogen-bond acceptors (Lipinski definition) is 5. The molecule has 37 heavy (non-hydrogen) atoms. The van der Waals surface area contributed by atoms with Crippen molar-refractivity contribution in [2.75, 3.05) is 12.3 Å². The lowest BCUT2D eigenvalue weighted by molar-refractivity contribution is -0.126. The minimum absolute atomic E-state index is 0.0889. The first-order valence-electron chi connectivity index (χ1n) is 12.9. The summed E-state index contributed by atoms with van der Waals surface area (Å²) in [5.74, 6) is -2.17. The van der Waals surface area contributed by atoms with Gasteiger partial charge in [-0.25, -0.2) is 8.78 Å². The van der Waals surface area contributed by atoms with Crippen LogP contribution in [0.15, 0.2) is 36.4 Å². The molecule has 7 nitrogen and oxygen atoms in total. The molecule has 0 saturated carbocycles. The SMILES string of the molecule is C[C@@H]1CCC[C@H](C)N1CC(=O)CC[C@@H](Cc1ccc(F)c(F)c1)C(=O)NCc1ccc2c(N)n[nH]c2c1. The van der Waals surface area contributed by atoms with E-state index in [1.165, 1.54) is 12.5 Å². The van der Waals surface area contributed by atoms with Crippen LogP contribution in [0.2, 0.25) is 0 Å². The van der Waals surface area contributed by atoms with E-state index in [-0.39, 0.29) is 31.1 Å². The summed E-state index contributed by atoms with van der Waals surface area (Å²) in [7, 11) is 0. The Morgan fingerprint density at radius 2 is 1.84 bits per heavy atom. The average molecular weight is 512 g/mol. The molecule has 3 atom stereocenters. The molecule has 9 heteroatoms. The van der Waals surface area contributed by atoms with Crippen LogP contribution in [0.3, 0.4) is 0 Å². The van der Waals surface area contributed by atoms with E-state index in [0.29, 0.717) is 36.4 Å². The Morgan fingerprint density at radius 3 is 2.57 bits per heavy atom. The molecule has 2 heterocycles. The van der Waals surface area contributed by atoms with Gasteiger partial charge in [-0.3, -0.25) is 19.6 Å². The van der Waals surface area contributed by atoms with Gasteiger partial charge in [-0.2, -0.15) is 5.10 Å². The Hall–Kier alpha value is -3.33. The number of nitrogens with zero attached hydrogens (tertiary/aromatic N) is 2. The van der Waals surface area contributed by atoms with Crippen LogP contribution in [0.1, 0.15) is 57.1 Å². The zero-order valence-corrected chi connectivity index (χ0v) is 21.4. The largest absolute Gasteiger partial charge is 0.382 e. The van der Waals surface area contributed by atoms with Crippen LogP contribution in [0, 0.1) is 17.6 Å². The summed E-state index contributed by atoms with van der Waals surface area (Å²) < 4.78 is 27.3. The molecule has 1 aliphatic heterocycles. The van der Waals surface area contributed by atoms with E-state index in [1.807, 2.05) is 18.2 Å². The number of aromatic nitrogens is 2. The first-order valence-corrected chi connectivity index (χ1v) is 12.9. The van der Waals surface area contributed by atoms with Crippen LogP contribution >= 0.6 is 0 Å². The average Bonchev–Trinajstić information content (AvgIpc) is 3.24. The third-order valence-electron chi connectivity index (χ3n) is 7.47. The number of anilines is 1. The van der Waals surface area contributed by atoms with Gasteiger partial charge in [0.1, 0.15) is 5.78 Å². The molecule has 0 radical (unpaired) electrons. The van der Waals surface area contributed by atoms with Crippen LogP contribution in [-0.4, -0.2) is 45.4 Å². The van der Waals surface area contributed by atoms with Gasteiger partial charge >= 0.3 is 0 Å². The number of benzene rings is 2. The molecule has 0 aliphatic carbocycles. The fraction of sp³-hybridized carbons (Fsp3) is 0.464. The molecule has 1 saturated heterocycles. The van der Waals surface area contributed by atoms with Crippen LogP contribution < -0.4 is 11.1 Å². The maximum absolute atomic E-state index is 13.8. The Labute approximate surface area is 215 Å². The summed E-state index contributed by atoms with van der Waals surface area (Å²) in [6, 6.07) is 9.95. The van der Waals surface area contributed by atoms with E-state index in [1.54, 1.807) is 0 Å². The van der Waals surface area contributed by atoms with E-state index in [2.05, 4.69) is 34.3 Å². The number of amides is 1. The number of Topliss-reactive ketones (excluding diaryl/α,β-unsaturated/α-hetero) is 1. The molecule has 0 spiro atoms. The van der Waals surface area contributed by atoms with Gasteiger partial charge in [0.25, 0.3) is 0 Å². The zero-order chi connectivity index (χ0) is 26.5. The van der Waals surface area contributed by atoms with Crippen molar-refractivity contribution in [3.8, 4) is 0 Å². The summed E-state index contributed by atoms with van der Waals surface area (Å²) in [4.78, 5) is 28.3. The second-order valence-corrected chi connectivity index (χ2v) is 10.2. The molecule has 0 bridgehead atoms. The number of nitrogens with one attached hydrogen (secondary N) is 2. The lowest BCUT2D eigenvalue weighted by atomic mass is 9.92. The minimum Gasteiger partial charge on any atom is -0.382 e. The standard InChI is InChI=1S/C28H35F2N5O2/c1-17-4-3-5-18(2)35(17)16-22(36)9-8-21(12-19-7-11-24(29)25(30)13-19)28(37)32-15-20-6-10-23-26(14-20)33-34-27(23)31/h6-7,10-11,13-14,17-18,21H,3-5,8-9,12,15-16H2,1-2H3,(H,32,37)(H3,31,33,34)/t17-,18+,21-/m0/s1. The number of H-pyrrole nitrogens is 1. The van der Waals surface area contributed by atoms with Crippen molar-refractivity contribution >= 4 is 28.4 Å². The van der Waals surface area contributed by atoms with Gasteiger partial charge in [0.2, 0.25) is 5.91 Å². The minimum atomic E-state index is -0.951. The number of rotatable bonds is 10. The number of aromatic amines is 1. The van der Waals surface area contributed by atoms with Gasteiger partial charge in [-0.15, -0.1) is 0 Å². The number of nitrogens with two attached hydrogens (primary N) is 1. The Kier molecular flexibility index (Phi) is 8.53. The highest BCUT2D eigenvalue weighted by Crippen LogP contribution is 2.24. The lowest BCUT2D eigenvalue weighted by Crippen LogP contribution is -2.46. The molecule has 1 aliphatic rings. The monoisotopic (exact) mass is 511 g/mol. The van der Waals surface area contributed by atoms with Crippen molar-refractivity contribution in [2.24, 2.45) is 5.92 Å². The number of likely N-dealkylation sites (tertiary alicyclic amines) is 1. The van der Waals surface area contributed by atoms with E-state index < -0.39 is 17.6 Å². The number of nitrogen functional groups attached to an aromatic ring is 1. The second kappa shape index (κ2) is 11.8. The molecule has 2 aromatic carbocycles. The number of piperidine rings is 1. The summed E-state index contributed by atoms with van der Waals surface area (Å²) in [6.07, 6.45) is 4.12. The number of carbonyl (C=O) groups is 2. The summed E-state index contributed by atoms with van der Waals surface area (Å²) >= 11 is 0. The van der Waals surface area contributed by atoms with E-state index in [9.17, 15) is 18.4 Å². The molecule has 0 unspecified atom stereocenters.